The quantitative estimate of drug-likeness (QED) is 0.566. The van der Waals surface area contributed by atoms with E-state index in [-0.39, 0.29) is 11.9 Å². The van der Waals surface area contributed by atoms with Crippen molar-refractivity contribution >= 4 is 27.8 Å². The fourth-order valence-electron chi connectivity index (χ4n) is 4.14. The molecule has 4 aromatic rings. The molecule has 6 nitrogen and oxygen atoms in total. The summed E-state index contributed by atoms with van der Waals surface area (Å²) < 4.78 is 2.06. The van der Waals surface area contributed by atoms with Crippen LogP contribution in [0.1, 0.15) is 23.2 Å². The molecule has 1 fully saturated rings. The first kappa shape index (κ1) is 17.0. The molecule has 0 spiro atoms. The number of imidazole rings is 1. The van der Waals surface area contributed by atoms with Gasteiger partial charge in [-0.3, -0.25) is 4.79 Å². The number of nitrogens with zero attached hydrogens (tertiary/aromatic N) is 3. The third kappa shape index (κ3) is 2.77. The average molecular weight is 373 g/mol. The average Bonchev–Trinajstić information content (AvgIpc) is 3.28. The van der Waals surface area contributed by atoms with Crippen molar-refractivity contribution in [3.63, 3.8) is 0 Å². The van der Waals surface area contributed by atoms with Gasteiger partial charge in [0.2, 0.25) is 0 Å². The summed E-state index contributed by atoms with van der Waals surface area (Å²) in [5.41, 5.74) is 10.6. The molecule has 6 heteroatoms. The third-order valence-electron chi connectivity index (χ3n) is 5.64. The Hall–Kier alpha value is -3.12. The van der Waals surface area contributed by atoms with E-state index in [0.29, 0.717) is 12.1 Å². The number of hydrogen-bond donors (Lipinski definition) is 2. The molecule has 1 aliphatic rings. The Morgan fingerprint density at radius 1 is 1.21 bits per heavy atom. The van der Waals surface area contributed by atoms with Crippen LogP contribution in [0.25, 0.3) is 33.5 Å². The minimum atomic E-state index is 0.0369. The van der Waals surface area contributed by atoms with Crippen molar-refractivity contribution < 1.29 is 4.79 Å². The molecule has 2 aromatic carbocycles. The summed E-state index contributed by atoms with van der Waals surface area (Å²) in [5, 5.41) is 1.15. The number of nitrogens with one attached hydrogen (secondary N) is 1. The summed E-state index contributed by atoms with van der Waals surface area (Å²) >= 11 is 0. The number of H-pyrrole nitrogens is 1. The van der Waals surface area contributed by atoms with Gasteiger partial charge < -0.3 is 20.2 Å². The van der Waals surface area contributed by atoms with Gasteiger partial charge in [-0.2, -0.15) is 0 Å². The molecule has 142 valence electrons. The zero-order valence-electron chi connectivity index (χ0n) is 15.9. The zero-order chi connectivity index (χ0) is 19.3. The van der Waals surface area contributed by atoms with Crippen molar-refractivity contribution in [2.24, 2.45) is 12.8 Å². The first-order valence-corrected chi connectivity index (χ1v) is 9.69. The van der Waals surface area contributed by atoms with Crippen LogP contribution in [-0.2, 0) is 7.05 Å². The fraction of sp³-hybridized carbons (Fsp3) is 0.273. The number of aryl methyl sites for hydroxylation is 1. The summed E-state index contributed by atoms with van der Waals surface area (Å²) in [6.07, 6.45) is 1.94. The fourth-order valence-corrected chi connectivity index (χ4v) is 4.14. The number of amides is 1. The van der Waals surface area contributed by atoms with Crippen molar-refractivity contribution in [3.8, 4) is 11.5 Å². The number of aromatic amines is 1. The molecule has 3 N–H and O–H groups in total. The van der Waals surface area contributed by atoms with Crippen LogP contribution in [0, 0.1) is 0 Å². The van der Waals surface area contributed by atoms with Gasteiger partial charge in [-0.15, -0.1) is 0 Å². The van der Waals surface area contributed by atoms with Gasteiger partial charge in [0.1, 0.15) is 0 Å². The highest BCUT2D eigenvalue weighted by atomic mass is 16.2. The number of hydrogen-bond acceptors (Lipinski definition) is 3. The predicted octanol–water partition coefficient (Wildman–Crippen LogP) is 3.28. The Morgan fingerprint density at radius 3 is 2.89 bits per heavy atom. The lowest BCUT2D eigenvalue weighted by Crippen LogP contribution is -2.45. The molecule has 0 saturated carbocycles. The smallest absolute Gasteiger partial charge is 0.253 e. The maximum absolute atomic E-state index is 12.9. The van der Waals surface area contributed by atoms with Crippen LogP contribution in [0.2, 0.25) is 0 Å². The van der Waals surface area contributed by atoms with Gasteiger partial charge >= 0.3 is 0 Å². The SMILES string of the molecule is Cn1c(-c2cc3ccccc3[nH]2)nc2cc(C(=O)N3CCCC(N)C3)ccc21. The molecule has 3 heterocycles. The number of nitrogens with two attached hydrogens (primary N) is 1. The Labute approximate surface area is 163 Å². The predicted molar refractivity (Wildman–Crippen MR) is 111 cm³/mol. The largest absolute Gasteiger partial charge is 0.352 e. The van der Waals surface area contributed by atoms with E-state index in [4.69, 9.17) is 10.7 Å². The van der Waals surface area contributed by atoms with Crippen molar-refractivity contribution in [1.29, 1.82) is 0 Å². The molecular weight excluding hydrogens is 350 g/mol. The first-order chi connectivity index (χ1) is 13.6. The number of likely N-dealkylation sites (tertiary alicyclic amines) is 1. The Balaban J connectivity index is 1.53. The summed E-state index contributed by atoms with van der Waals surface area (Å²) in [5.74, 6) is 0.894. The van der Waals surface area contributed by atoms with E-state index in [1.165, 1.54) is 0 Å². The van der Waals surface area contributed by atoms with Gasteiger partial charge in [0.05, 0.1) is 16.7 Å². The van der Waals surface area contributed by atoms with E-state index >= 15 is 0 Å². The Bertz CT molecular complexity index is 1160. The molecule has 0 radical (unpaired) electrons. The van der Waals surface area contributed by atoms with Crippen LogP contribution < -0.4 is 5.73 Å². The van der Waals surface area contributed by atoms with Crippen molar-refractivity contribution in [2.45, 2.75) is 18.9 Å². The van der Waals surface area contributed by atoms with Gasteiger partial charge in [0.25, 0.3) is 5.91 Å². The van der Waals surface area contributed by atoms with Gasteiger partial charge in [-0.25, -0.2) is 4.98 Å². The van der Waals surface area contributed by atoms with Gasteiger partial charge in [0, 0.05) is 42.6 Å². The van der Waals surface area contributed by atoms with Crippen LogP contribution >= 0.6 is 0 Å². The van der Waals surface area contributed by atoms with Crippen molar-refractivity contribution in [2.75, 3.05) is 13.1 Å². The molecule has 1 unspecified atom stereocenters. The lowest BCUT2D eigenvalue weighted by Gasteiger charge is -2.30. The molecule has 5 rings (SSSR count). The number of piperidine rings is 1. The Morgan fingerprint density at radius 2 is 2.07 bits per heavy atom. The molecule has 28 heavy (non-hydrogen) atoms. The topological polar surface area (TPSA) is 79.9 Å². The van der Waals surface area contributed by atoms with Crippen LogP contribution in [0.3, 0.4) is 0 Å². The number of benzene rings is 2. The number of rotatable bonds is 2. The first-order valence-electron chi connectivity index (χ1n) is 9.69. The highest BCUT2D eigenvalue weighted by Gasteiger charge is 2.23. The highest BCUT2D eigenvalue weighted by molar-refractivity contribution is 5.98. The maximum Gasteiger partial charge on any atom is 0.253 e. The monoisotopic (exact) mass is 373 g/mol. The number of para-hydroxylation sites is 1. The van der Waals surface area contributed by atoms with Crippen LogP contribution in [0.4, 0.5) is 0 Å². The molecule has 1 atom stereocenters. The van der Waals surface area contributed by atoms with Gasteiger partial charge in [0.15, 0.2) is 5.82 Å². The number of carbonyl (C=O) groups excluding carboxylic acids is 1. The minimum absolute atomic E-state index is 0.0369. The lowest BCUT2D eigenvalue weighted by atomic mass is 10.1. The van der Waals surface area contributed by atoms with E-state index < -0.39 is 0 Å². The summed E-state index contributed by atoms with van der Waals surface area (Å²) in [4.78, 5) is 23.0. The van der Waals surface area contributed by atoms with E-state index in [1.54, 1.807) is 0 Å². The third-order valence-corrected chi connectivity index (χ3v) is 5.64. The van der Waals surface area contributed by atoms with E-state index in [1.807, 2.05) is 42.3 Å². The van der Waals surface area contributed by atoms with E-state index in [0.717, 1.165) is 52.8 Å². The standard InChI is InChI=1S/C22H23N5O/c1-26-20-9-8-15(22(28)27-10-4-6-16(23)13-27)12-18(20)25-21(26)19-11-14-5-2-3-7-17(14)24-19/h2-3,5,7-9,11-12,16,24H,4,6,10,13,23H2,1H3. The normalized spacial score (nSPS) is 17.5. The Kier molecular flexibility index (Phi) is 3.94. The molecule has 0 aliphatic carbocycles. The van der Waals surface area contributed by atoms with Crippen molar-refractivity contribution in [1.82, 2.24) is 19.4 Å². The second-order valence-electron chi connectivity index (χ2n) is 7.62. The molecule has 1 saturated heterocycles. The second kappa shape index (κ2) is 6.49. The van der Waals surface area contributed by atoms with Crippen molar-refractivity contribution in [3.05, 3.63) is 54.1 Å². The molecular formula is C22H23N5O. The number of fused-ring (bicyclic) bond motifs is 2. The molecule has 1 amide bonds. The molecule has 1 aliphatic heterocycles. The van der Waals surface area contributed by atoms with E-state index in [9.17, 15) is 4.79 Å². The summed E-state index contributed by atoms with van der Waals surface area (Å²) in [7, 11) is 2.00. The van der Waals surface area contributed by atoms with Crippen LogP contribution in [0.5, 0.6) is 0 Å². The van der Waals surface area contributed by atoms with Crippen LogP contribution in [0.15, 0.2) is 48.5 Å². The zero-order valence-corrected chi connectivity index (χ0v) is 15.9. The molecule has 0 bridgehead atoms. The minimum Gasteiger partial charge on any atom is -0.352 e. The van der Waals surface area contributed by atoms with Crippen LogP contribution in [-0.4, -0.2) is 44.5 Å². The molecule has 2 aromatic heterocycles. The maximum atomic E-state index is 12.9. The van der Waals surface area contributed by atoms with E-state index in [2.05, 4.69) is 27.8 Å². The second-order valence-corrected chi connectivity index (χ2v) is 7.62. The lowest BCUT2D eigenvalue weighted by molar-refractivity contribution is 0.0709. The van der Waals surface area contributed by atoms with Gasteiger partial charge in [-0.1, -0.05) is 18.2 Å². The highest BCUT2D eigenvalue weighted by Crippen LogP contribution is 2.27. The number of carbonyl (C=O) groups is 1. The summed E-state index contributed by atoms with van der Waals surface area (Å²) in [6, 6.07) is 16.1. The van der Waals surface area contributed by atoms with Gasteiger partial charge in [-0.05, 0) is 43.2 Å². The summed E-state index contributed by atoms with van der Waals surface area (Å²) in [6.45, 7) is 1.40. The number of aromatic nitrogens is 3.